The number of alkyl halides is 2. The number of aromatic nitrogens is 5. The van der Waals surface area contributed by atoms with E-state index in [0.717, 1.165) is 26.1 Å². The van der Waals surface area contributed by atoms with Crippen LogP contribution in [0.15, 0.2) is 24.3 Å². The van der Waals surface area contributed by atoms with Crippen LogP contribution >= 0.6 is 0 Å². The van der Waals surface area contributed by atoms with Crippen molar-refractivity contribution in [3.05, 3.63) is 30.1 Å². The minimum absolute atomic E-state index is 0.00581. The molecule has 2 aromatic heterocycles. The number of piperazine rings is 1. The quantitative estimate of drug-likeness (QED) is 0.522. The van der Waals surface area contributed by atoms with Gasteiger partial charge in [0.15, 0.2) is 5.82 Å². The first kappa shape index (κ1) is 24.7. The number of halogens is 2. The largest absolute Gasteiger partial charge is 0.396 e. The van der Waals surface area contributed by atoms with Crippen LogP contribution in [0.3, 0.4) is 0 Å². The Morgan fingerprint density at radius 2 is 1.69 bits per heavy atom. The molecule has 0 bridgehead atoms. The van der Waals surface area contributed by atoms with E-state index < -0.39 is 12.2 Å². The molecule has 0 spiro atoms. The van der Waals surface area contributed by atoms with E-state index >= 15 is 0 Å². The molecular formula is C24H32F2N8O2. The number of para-hydroxylation sites is 2. The maximum absolute atomic E-state index is 14.1. The van der Waals surface area contributed by atoms with E-state index in [1.165, 1.54) is 4.57 Å². The lowest BCUT2D eigenvalue weighted by Gasteiger charge is -2.38. The van der Waals surface area contributed by atoms with Crippen LogP contribution in [-0.2, 0) is 4.74 Å². The van der Waals surface area contributed by atoms with Gasteiger partial charge >= 0.3 is 0 Å². The van der Waals surface area contributed by atoms with E-state index in [0.29, 0.717) is 49.2 Å². The molecular weight excluding hydrogens is 470 g/mol. The van der Waals surface area contributed by atoms with E-state index in [1.54, 1.807) is 24.3 Å². The highest BCUT2D eigenvalue weighted by Gasteiger charge is 2.31. The van der Waals surface area contributed by atoms with Gasteiger partial charge in [-0.1, -0.05) is 12.1 Å². The molecule has 0 unspecified atom stereocenters. The molecule has 1 N–H and O–H groups in total. The first-order valence-electron chi connectivity index (χ1n) is 12.4. The molecule has 2 aliphatic rings. The Hall–Kier alpha value is -2.96. The number of anilines is 2. The van der Waals surface area contributed by atoms with Gasteiger partial charge in [0.1, 0.15) is 0 Å². The summed E-state index contributed by atoms with van der Waals surface area (Å²) < 4.78 is 35.3. The molecule has 12 heteroatoms. The Labute approximate surface area is 208 Å². The summed E-state index contributed by atoms with van der Waals surface area (Å²) in [5.41, 5.74) is 0.982. The van der Waals surface area contributed by atoms with Crippen LogP contribution in [0, 0.1) is 0 Å². The first-order valence-corrected chi connectivity index (χ1v) is 12.4. The number of aliphatic hydroxyl groups is 1. The molecule has 4 heterocycles. The predicted molar refractivity (Wildman–Crippen MR) is 132 cm³/mol. The normalized spacial score (nSPS) is 21.6. The molecule has 2 aliphatic heterocycles. The van der Waals surface area contributed by atoms with Gasteiger partial charge in [-0.25, -0.2) is 13.8 Å². The Balaban J connectivity index is 1.57. The van der Waals surface area contributed by atoms with E-state index in [2.05, 4.69) is 19.7 Å². The molecule has 2 atom stereocenters. The summed E-state index contributed by atoms with van der Waals surface area (Å²) in [5, 5.41) is 9.14. The highest BCUT2D eigenvalue weighted by atomic mass is 19.3. The Morgan fingerprint density at radius 1 is 0.972 bits per heavy atom. The van der Waals surface area contributed by atoms with Crippen LogP contribution in [0.25, 0.3) is 17.0 Å². The Bertz CT molecular complexity index is 1180. The number of hydrogen-bond donors (Lipinski definition) is 1. The molecule has 0 amide bonds. The Kier molecular flexibility index (Phi) is 7.26. The SMILES string of the molecule is C[C@@H]1OCCN(c2nc(N3CCN(CCCO)CC3)nc(-n3c(C(F)F)nc4ccccc43)n2)[C@H]1C. The van der Waals surface area contributed by atoms with Crippen molar-refractivity contribution in [1.82, 2.24) is 29.4 Å². The van der Waals surface area contributed by atoms with E-state index in [-0.39, 0.29) is 24.7 Å². The number of nitrogens with zero attached hydrogens (tertiary/aromatic N) is 8. The number of hydrogen-bond acceptors (Lipinski definition) is 9. The zero-order valence-corrected chi connectivity index (χ0v) is 20.6. The molecule has 194 valence electrons. The minimum atomic E-state index is -2.79. The number of fused-ring (bicyclic) bond motifs is 1. The molecule has 2 saturated heterocycles. The van der Waals surface area contributed by atoms with Gasteiger partial charge in [0.05, 0.1) is 29.8 Å². The molecule has 2 fully saturated rings. The third-order valence-electron chi connectivity index (χ3n) is 7.01. The maximum Gasteiger partial charge on any atom is 0.296 e. The van der Waals surface area contributed by atoms with Crippen LogP contribution in [0.1, 0.15) is 32.5 Å². The van der Waals surface area contributed by atoms with Crippen LogP contribution in [0.5, 0.6) is 0 Å². The van der Waals surface area contributed by atoms with Crippen molar-refractivity contribution in [3.8, 4) is 5.95 Å². The molecule has 0 aliphatic carbocycles. The first-order chi connectivity index (χ1) is 17.5. The van der Waals surface area contributed by atoms with Crippen molar-refractivity contribution in [3.63, 3.8) is 0 Å². The van der Waals surface area contributed by atoms with Crippen molar-refractivity contribution in [2.45, 2.75) is 38.8 Å². The second-order valence-electron chi connectivity index (χ2n) is 9.25. The van der Waals surface area contributed by atoms with Crippen LogP contribution in [0.4, 0.5) is 20.7 Å². The molecule has 5 rings (SSSR count). The van der Waals surface area contributed by atoms with Crippen LogP contribution in [-0.4, -0.2) is 99.1 Å². The minimum Gasteiger partial charge on any atom is -0.396 e. The topological polar surface area (TPSA) is 95.7 Å². The lowest BCUT2D eigenvalue weighted by atomic mass is 10.1. The lowest BCUT2D eigenvalue weighted by Crippen LogP contribution is -2.50. The summed E-state index contributed by atoms with van der Waals surface area (Å²) in [6, 6.07) is 7.02. The summed E-state index contributed by atoms with van der Waals surface area (Å²) in [6.45, 7) is 9.16. The fourth-order valence-corrected chi connectivity index (χ4v) is 4.80. The van der Waals surface area contributed by atoms with Gasteiger partial charge in [-0.15, -0.1) is 0 Å². The predicted octanol–water partition coefficient (Wildman–Crippen LogP) is 2.27. The Morgan fingerprint density at radius 3 is 2.44 bits per heavy atom. The summed E-state index contributed by atoms with van der Waals surface area (Å²) >= 11 is 0. The maximum atomic E-state index is 14.1. The second-order valence-corrected chi connectivity index (χ2v) is 9.25. The number of morpholine rings is 1. The number of benzene rings is 1. The number of rotatable bonds is 7. The highest BCUT2D eigenvalue weighted by Crippen LogP contribution is 2.29. The van der Waals surface area contributed by atoms with Gasteiger partial charge in [0.2, 0.25) is 17.8 Å². The molecule has 0 saturated carbocycles. The zero-order valence-electron chi connectivity index (χ0n) is 20.6. The monoisotopic (exact) mass is 502 g/mol. The van der Waals surface area contributed by atoms with Gasteiger partial charge in [-0.2, -0.15) is 15.0 Å². The van der Waals surface area contributed by atoms with Crippen molar-refractivity contribution >= 4 is 22.9 Å². The molecule has 10 nitrogen and oxygen atoms in total. The van der Waals surface area contributed by atoms with Crippen molar-refractivity contribution < 1.29 is 18.6 Å². The fraction of sp³-hybridized carbons (Fsp3) is 0.583. The number of ether oxygens (including phenoxy) is 1. The average Bonchev–Trinajstić information content (AvgIpc) is 3.29. The zero-order chi connectivity index (χ0) is 25.2. The van der Waals surface area contributed by atoms with Crippen LogP contribution < -0.4 is 9.80 Å². The third kappa shape index (κ3) is 4.84. The summed E-state index contributed by atoms with van der Waals surface area (Å²) in [4.78, 5) is 24.8. The van der Waals surface area contributed by atoms with Crippen molar-refractivity contribution in [1.29, 1.82) is 0 Å². The van der Waals surface area contributed by atoms with Gasteiger partial charge in [-0.3, -0.25) is 9.47 Å². The van der Waals surface area contributed by atoms with Crippen molar-refractivity contribution in [2.75, 3.05) is 62.3 Å². The molecule has 36 heavy (non-hydrogen) atoms. The molecule has 3 aromatic rings. The van der Waals surface area contributed by atoms with E-state index in [9.17, 15) is 8.78 Å². The van der Waals surface area contributed by atoms with E-state index in [4.69, 9.17) is 24.8 Å². The lowest BCUT2D eigenvalue weighted by molar-refractivity contribution is 0.0277. The van der Waals surface area contributed by atoms with Gasteiger partial charge in [0, 0.05) is 45.9 Å². The third-order valence-corrected chi connectivity index (χ3v) is 7.01. The summed E-state index contributed by atoms with van der Waals surface area (Å²) in [6.07, 6.45) is -2.08. The van der Waals surface area contributed by atoms with E-state index in [1.807, 2.05) is 13.8 Å². The standard InChI is InChI=1S/C24H32F2N8O2/c1-16-17(2)36-15-13-33(16)23-28-22(32-11-9-31(10-12-32)8-5-14-35)29-24(30-23)34-19-7-4-3-6-18(19)27-21(34)20(25)26/h3-4,6-7,16-17,20,35H,5,8-15H2,1-2H3/t16-,17-/m0/s1. The van der Waals surface area contributed by atoms with Gasteiger partial charge in [0.25, 0.3) is 6.43 Å². The summed E-state index contributed by atoms with van der Waals surface area (Å²) in [7, 11) is 0. The summed E-state index contributed by atoms with van der Waals surface area (Å²) in [5.74, 6) is 0.643. The number of imidazole rings is 1. The molecule has 1 aromatic carbocycles. The number of aliphatic hydroxyl groups excluding tert-OH is 1. The highest BCUT2D eigenvalue weighted by molar-refractivity contribution is 5.77. The fourth-order valence-electron chi connectivity index (χ4n) is 4.80. The van der Waals surface area contributed by atoms with Gasteiger partial charge in [-0.05, 0) is 32.4 Å². The smallest absolute Gasteiger partial charge is 0.296 e. The second kappa shape index (κ2) is 10.6. The molecule has 0 radical (unpaired) electrons. The van der Waals surface area contributed by atoms with Gasteiger partial charge < -0.3 is 19.6 Å². The van der Waals surface area contributed by atoms with Crippen molar-refractivity contribution in [2.24, 2.45) is 0 Å². The van der Waals surface area contributed by atoms with Crippen LogP contribution in [0.2, 0.25) is 0 Å². The average molecular weight is 503 g/mol.